The Balaban J connectivity index is 1.49. The third kappa shape index (κ3) is 4.81. The molecule has 0 spiro atoms. The molecule has 1 aromatic heterocycles. The molecule has 0 bridgehead atoms. The van der Waals surface area contributed by atoms with E-state index in [4.69, 9.17) is 0 Å². The van der Waals surface area contributed by atoms with Crippen LogP contribution in [-0.4, -0.2) is 40.8 Å². The average Bonchev–Trinajstić information content (AvgIpc) is 3.51. The summed E-state index contributed by atoms with van der Waals surface area (Å²) in [6.07, 6.45) is 6.76. The van der Waals surface area contributed by atoms with Crippen molar-refractivity contribution in [3.8, 4) is 11.1 Å². The summed E-state index contributed by atoms with van der Waals surface area (Å²) in [5.41, 5.74) is 2.90. The minimum atomic E-state index is -0.466. The van der Waals surface area contributed by atoms with Crippen molar-refractivity contribution in [3.05, 3.63) is 54.4 Å². The number of rotatable bonds is 6. The summed E-state index contributed by atoms with van der Waals surface area (Å²) in [5, 5.41) is 3.15. The van der Waals surface area contributed by atoms with Crippen molar-refractivity contribution in [1.29, 1.82) is 0 Å². The smallest absolute Gasteiger partial charge is 0.226 e. The Labute approximate surface area is 185 Å². The molecule has 1 aliphatic carbocycles. The van der Waals surface area contributed by atoms with Crippen LogP contribution in [0.1, 0.15) is 45.6 Å². The number of benzene rings is 1. The Morgan fingerprint density at radius 2 is 1.81 bits per heavy atom. The van der Waals surface area contributed by atoms with E-state index in [9.17, 15) is 9.59 Å². The van der Waals surface area contributed by atoms with Crippen molar-refractivity contribution in [2.24, 2.45) is 17.3 Å². The number of amides is 2. The fourth-order valence-electron chi connectivity index (χ4n) is 4.69. The predicted octanol–water partition coefficient (Wildman–Crippen LogP) is 4.08. The predicted molar refractivity (Wildman–Crippen MR) is 122 cm³/mol. The molecule has 2 amide bonds. The molecule has 2 aliphatic rings. The van der Waals surface area contributed by atoms with Crippen molar-refractivity contribution in [1.82, 2.24) is 15.2 Å². The van der Waals surface area contributed by atoms with Crippen LogP contribution in [0.15, 0.2) is 48.8 Å². The number of likely N-dealkylation sites (tertiary alicyclic amines) is 1. The second-order valence-corrected chi connectivity index (χ2v) is 9.67. The van der Waals surface area contributed by atoms with Gasteiger partial charge in [-0.05, 0) is 68.2 Å². The van der Waals surface area contributed by atoms with Gasteiger partial charge in [0.05, 0.1) is 5.41 Å². The van der Waals surface area contributed by atoms with E-state index in [0.29, 0.717) is 38.3 Å². The molecule has 164 valence electrons. The van der Waals surface area contributed by atoms with Crippen molar-refractivity contribution >= 4 is 11.8 Å². The third-order valence-corrected chi connectivity index (χ3v) is 6.85. The minimum absolute atomic E-state index is 0.101. The molecule has 0 radical (unpaired) electrons. The summed E-state index contributed by atoms with van der Waals surface area (Å²) in [7, 11) is 0. The number of piperidine rings is 1. The highest BCUT2D eigenvalue weighted by Gasteiger charge is 2.46. The van der Waals surface area contributed by atoms with Gasteiger partial charge in [-0.1, -0.05) is 37.3 Å². The highest BCUT2D eigenvalue weighted by atomic mass is 16.2. The van der Waals surface area contributed by atoms with Gasteiger partial charge in [-0.25, -0.2) is 0 Å². The standard InChI is InChI=1S/C26H33N3O2/c1-18(2)28-25(31)26(10-13-29(14-11-26)24(30)23-15-19(23)3)16-20-6-8-21(9-7-20)22-5-4-12-27-17-22/h4-9,12,17-19,23H,10-11,13-16H2,1-3H3,(H,28,31)/t19-,23-/m0/s1. The number of nitrogens with one attached hydrogen (secondary N) is 1. The number of hydrogen-bond acceptors (Lipinski definition) is 3. The van der Waals surface area contributed by atoms with Crippen LogP contribution in [0.4, 0.5) is 0 Å². The molecule has 1 saturated carbocycles. The molecule has 31 heavy (non-hydrogen) atoms. The maximum absolute atomic E-state index is 13.3. The minimum Gasteiger partial charge on any atom is -0.353 e. The largest absolute Gasteiger partial charge is 0.353 e. The Morgan fingerprint density at radius 1 is 1.13 bits per heavy atom. The monoisotopic (exact) mass is 419 g/mol. The zero-order chi connectivity index (χ0) is 22.0. The van der Waals surface area contributed by atoms with Gasteiger partial charge in [0.25, 0.3) is 0 Å². The van der Waals surface area contributed by atoms with E-state index < -0.39 is 5.41 Å². The molecule has 1 saturated heterocycles. The van der Waals surface area contributed by atoms with Gasteiger partial charge in [-0.15, -0.1) is 0 Å². The zero-order valence-electron chi connectivity index (χ0n) is 18.8. The Hall–Kier alpha value is -2.69. The lowest BCUT2D eigenvalue weighted by atomic mass is 9.72. The molecule has 5 nitrogen and oxygen atoms in total. The SMILES string of the molecule is CC(C)NC(=O)C1(Cc2ccc(-c3cccnc3)cc2)CCN(C(=O)[C@H]2C[C@@H]2C)CC1. The number of hydrogen-bond donors (Lipinski definition) is 1. The molecule has 2 atom stereocenters. The summed E-state index contributed by atoms with van der Waals surface area (Å²) in [4.78, 5) is 32.1. The lowest BCUT2D eigenvalue weighted by molar-refractivity contribution is -0.141. The Kier molecular flexibility index (Phi) is 6.12. The van der Waals surface area contributed by atoms with E-state index in [1.165, 1.54) is 0 Å². The Bertz CT molecular complexity index is 915. The number of pyridine rings is 1. The first-order valence-electron chi connectivity index (χ1n) is 11.5. The van der Waals surface area contributed by atoms with E-state index >= 15 is 0 Å². The fourth-order valence-corrected chi connectivity index (χ4v) is 4.69. The lowest BCUT2D eigenvalue weighted by Gasteiger charge is -2.41. The van der Waals surface area contributed by atoms with Crippen molar-refractivity contribution in [3.63, 3.8) is 0 Å². The van der Waals surface area contributed by atoms with Gasteiger partial charge in [0.2, 0.25) is 11.8 Å². The molecule has 2 aromatic rings. The average molecular weight is 420 g/mol. The highest BCUT2D eigenvalue weighted by Crippen LogP contribution is 2.42. The first kappa shape index (κ1) is 21.5. The summed E-state index contributed by atoms with van der Waals surface area (Å²) >= 11 is 0. The number of aromatic nitrogens is 1. The van der Waals surface area contributed by atoms with Crippen molar-refractivity contribution < 1.29 is 9.59 Å². The van der Waals surface area contributed by atoms with Crippen LogP contribution in [0, 0.1) is 17.3 Å². The molecule has 4 rings (SSSR count). The second-order valence-electron chi connectivity index (χ2n) is 9.67. The van der Waals surface area contributed by atoms with E-state index in [0.717, 1.165) is 23.1 Å². The van der Waals surface area contributed by atoms with E-state index in [1.807, 2.05) is 37.1 Å². The Morgan fingerprint density at radius 3 is 2.35 bits per heavy atom. The molecule has 2 heterocycles. The molecule has 0 unspecified atom stereocenters. The molecule has 1 aliphatic heterocycles. The van der Waals surface area contributed by atoms with Crippen LogP contribution in [0.25, 0.3) is 11.1 Å². The molecular weight excluding hydrogens is 386 g/mol. The normalized spacial score (nSPS) is 22.3. The summed E-state index contributed by atoms with van der Waals surface area (Å²) < 4.78 is 0. The molecule has 1 N–H and O–H groups in total. The van der Waals surface area contributed by atoms with Crippen LogP contribution in [0.5, 0.6) is 0 Å². The number of carbonyl (C=O) groups is 2. The molecular formula is C26H33N3O2. The maximum Gasteiger partial charge on any atom is 0.226 e. The van der Waals surface area contributed by atoms with Gasteiger partial charge < -0.3 is 10.2 Å². The van der Waals surface area contributed by atoms with Gasteiger partial charge in [0.1, 0.15) is 0 Å². The fraction of sp³-hybridized carbons (Fsp3) is 0.500. The van der Waals surface area contributed by atoms with Crippen LogP contribution >= 0.6 is 0 Å². The van der Waals surface area contributed by atoms with Crippen molar-refractivity contribution in [2.75, 3.05) is 13.1 Å². The van der Waals surface area contributed by atoms with Crippen LogP contribution in [0.2, 0.25) is 0 Å². The topological polar surface area (TPSA) is 62.3 Å². The van der Waals surface area contributed by atoms with Crippen LogP contribution in [0.3, 0.4) is 0 Å². The van der Waals surface area contributed by atoms with E-state index in [1.54, 1.807) is 6.20 Å². The quantitative estimate of drug-likeness (QED) is 0.767. The van der Waals surface area contributed by atoms with E-state index in [-0.39, 0.29) is 23.8 Å². The first-order valence-corrected chi connectivity index (χ1v) is 11.5. The summed E-state index contributed by atoms with van der Waals surface area (Å²) in [6, 6.07) is 12.5. The number of nitrogens with zero attached hydrogens (tertiary/aromatic N) is 2. The van der Waals surface area contributed by atoms with Gasteiger partial charge in [-0.2, -0.15) is 0 Å². The van der Waals surface area contributed by atoms with Gasteiger partial charge in [0.15, 0.2) is 0 Å². The first-order chi connectivity index (χ1) is 14.9. The lowest BCUT2D eigenvalue weighted by Crippen LogP contribution is -2.52. The second kappa shape index (κ2) is 8.81. The van der Waals surface area contributed by atoms with Gasteiger partial charge in [0, 0.05) is 37.4 Å². The maximum atomic E-state index is 13.3. The third-order valence-electron chi connectivity index (χ3n) is 6.85. The van der Waals surface area contributed by atoms with Gasteiger partial charge in [-0.3, -0.25) is 14.6 Å². The molecule has 1 aromatic carbocycles. The molecule has 5 heteroatoms. The van der Waals surface area contributed by atoms with Gasteiger partial charge >= 0.3 is 0 Å². The summed E-state index contributed by atoms with van der Waals surface area (Å²) in [5.74, 6) is 1.12. The zero-order valence-corrected chi connectivity index (χ0v) is 18.8. The van der Waals surface area contributed by atoms with Crippen LogP contribution < -0.4 is 5.32 Å². The summed E-state index contributed by atoms with van der Waals surface area (Å²) in [6.45, 7) is 7.48. The number of carbonyl (C=O) groups excluding carboxylic acids is 2. The molecule has 2 fully saturated rings. The van der Waals surface area contributed by atoms with E-state index in [2.05, 4.69) is 41.5 Å². The van der Waals surface area contributed by atoms with Crippen molar-refractivity contribution in [2.45, 2.75) is 52.5 Å². The highest BCUT2D eigenvalue weighted by molar-refractivity contribution is 5.85. The van der Waals surface area contributed by atoms with Crippen LogP contribution in [-0.2, 0) is 16.0 Å².